The monoisotopic (exact) mass is 270 g/mol. The molecule has 0 atom stereocenters. The molecular weight excluding hydrogens is 252 g/mol. The molecular formula is C11H18N4O4. The molecule has 106 valence electrons. The average molecular weight is 270 g/mol. The van der Waals surface area contributed by atoms with Crippen molar-refractivity contribution in [3.05, 3.63) is 11.4 Å². The first-order valence-corrected chi connectivity index (χ1v) is 5.78. The highest BCUT2D eigenvalue weighted by Crippen LogP contribution is 2.08. The predicted octanol–water partition coefficient (Wildman–Crippen LogP) is -0.264. The average Bonchev–Trinajstić information content (AvgIpc) is 2.71. The van der Waals surface area contributed by atoms with Crippen LogP contribution in [0.4, 0.5) is 0 Å². The molecule has 0 aliphatic rings. The SMILES string of the molecule is COCc1c(C(=O)OC)nnn1CC(=O)NC(C)C. The fourth-order valence-corrected chi connectivity index (χ4v) is 1.50. The highest BCUT2D eigenvalue weighted by atomic mass is 16.5. The lowest BCUT2D eigenvalue weighted by molar-refractivity contribution is -0.122. The summed E-state index contributed by atoms with van der Waals surface area (Å²) in [7, 11) is 2.73. The van der Waals surface area contributed by atoms with Crippen molar-refractivity contribution in [2.24, 2.45) is 0 Å². The molecule has 1 rings (SSSR count). The van der Waals surface area contributed by atoms with E-state index in [9.17, 15) is 9.59 Å². The largest absolute Gasteiger partial charge is 0.464 e. The number of ether oxygens (including phenoxy) is 2. The van der Waals surface area contributed by atoms with Crippen molar-refractivity contribution in [2.75, 3.05) is 14.2 Å². The van der Waals surface area contributed by atoms with Gasteiger partial charge in [0.25, 0.3) is 0 Å². The standard InChI is InChI=1S/C11H18N4O4/c1-7(2)12-9(16)5-15-8(6-18-3)10(13-14-15)11(17)19-4/h7H,5-6H2,1-4H3,(H,12,16). The van der Waals surface area contributed by atoms with Crippen LogP contribution in [0, 0.1) is 0 Å². The number of hydrogen-bond donors (Lipinski definition) is 1. The molecule has 0 fully saturated rings. The smallest absolute Gasteiger partial charge is 0.360 e. The number of esters is 1. The summed E-state index contributed by atoms with van der Waals surface area (Å²) in [5.41, 5.74) is 0.468. The molecule has 1 aromatic rings. The highest BCUT2D eigenvalue weighted by molar-refractivity contribution is 5.88. The molecule has 0 saturated carbocycles. The molecule has 8 nitrogen and oxygen atoms in total. The van der Waals surface area contributed by atoms with Crippen LogP contribution in [-0.4, -0.2) is 47.1 Å². The van der Waals surface area contributed by atoms with Gasteiger partial charge in [-0.2, -0.15) is 0 Å². The summed E-state index contributed by atoms with van der Waals surface area (Å²) < 4.78 is 10.9. The Hall–Kier alpha value is -1.96. The van der Waals surface area contributed by atoms with Crippen LogP contribution in [0.3, 0.4) is 0 Å². The van der Waals surface area contributed by atoms with Gasteiger partial charge < -0.3 is 14.8 Å². The Labute approximate surface area is 111 Å². The minimum atomic E-state index is -0.609. The Morgan fingerprint density at radius 2 is 2.05 bits per heavy atom. The summed E-state index contributed by atoms with van der Waals surface area (Å²) in [5, 5.41) is 10.2. The van der Waals surface area contributed by atoms with Crippen molar-refractivity contribution in [3.63, 3.8) is 0 Å². The molecule has 1 aromatic heterocycles. The number of carbonyl (C=O) groups is 2. The first-order valence-electron chi connectivity index (χ1n) is 5.78. The molecule has 0 unspecified atom stereocenters. The molecule has 0 bridgehead atoms. The van der Waals surface area contributed by atoms with Crippen LogP contribution in [0.5, 0.6) is 0 Å². The zero-order chi connectivity index (χ0) is 14.4. The lowest BCUT2D eigenvalue weighted by Gasteiger charge is -2.09. The number of methoxy groups -OCH3 is 2. The number of nitrogens with one attached hydrogen (secondary N) is 1. The van der Waals surface area contributed by atoms with E-state index in [4.69, 9.17) is 4.74 Å². The van der Waals surface area contributed by atoms with Crippen molar-refractivity contribution in [1.29, 1.82) is 0 Å². The third-order valence-electron chi connectivity index (χ3n) is 2.24. The summed E-state index contributed by atoms with van der Waals surface area (Å²) in [4.78, 5) is 23.2. The van der Waals surface area contributed by atoms with E-state index < -0.39 is 5.97 Å². The molecule has 1 amide bonds. The minimum Gasteiger partial charge on any atom is -0.464 e. The first kappa shape index (κ1) is 15.1. The Bertz CT molecular complexity index is 456. The van der Waals surface area contributed by atoms with Gasteiger partial charge in [-0.15, -0.1) is 5.10 Å². The Kier molecular flexibility index (Phi) is 5.43. The highest BCUT2D eigenvalue weighted by Gasteiger charge is 2.21. The van der Waals surface area contributed by atoms with Gasteiger partial charge in [0.2, 0.25) is 5.91 Å². The maximum atomic E-state index is 11.7. The van der Waals surface area contributed by atoms with Crippen molar-refractivity contribution in [1.82, 2.24) is 20.3 Å². The van der Waals surface area contributed by atoms with Crippen molar-refractivity contribution < 1.29 is 19.1 Å². The Balaban J connectivity index is 2.91. The Morgan fingerprint density at radius 1 is 1.37 bits per heavy atom. The van der Waals surface area contributed by atoms with Gasteiger partial charge in [-0.3, -0.25) is 4.79 Å². The van der Waals surface area contributed by atoms with E-state index in [0.29, 0.717) is 5.69 Å². The minimum absolute atomic E-state index is 0.0269. The second kappa shape index (κ2) is 6.83. The zero-order valence-electron chi connectivity index (χ0n) is 11.5. The molecule has 1 heterocycles. The molecule has 0 aromatic carbocycles. The molecule has 0 radical (unpaired) electrons. The van der Waals surface area contributed by atoms with Crippen molar-refractivity contribution >= 4 is 11.9 Å². The maximum Gasteiger partial charge on any atom is 0.360 e. The van der Waals surface area contributed by atoms with Crippen LogP contribution in [0.25, 0.3) is 0 Å². The number of rotatable bonds is 6. The summed E-state index contributed by atoms with van der Waals surface area (Å²) in [6.07, 6.45) is 0. The molecule has 0 saturated heterocycles. The van der Waals surface area contributed by atoms with Crippen molar-refractivity contribution in [2.45, 2.75) is 33.0 Å². The summed E-state index contributed by atoms with van der Waals surface area (Å²) in [5.74, 6) is -0.823. The van der Waals surface area contributed by atoms with E-state index in [1.54, 1.807) is 0 Å². The maximum absolute atomic E-state index is 11.7. The Morgan fingerprint density at radius 3 is 2.58 bits per heavy atom. The number of hydrogen-bond acceptors (Lipinski definition) is 6. The van der Waals surface area contributed by atoms with Crippen LogP contribution >= 0.6 is 0 Å². The normalized spacial score (nSPS) is 10.6. The molecule has 0 aliphatic heterocycles. The molecule has 8 heteroatoms. The van der Waals surface area contributed by atoms with E-state index in [2.05, 4.69) is 20.4 Å². The number of nitrogens with zero attached hydrogens (tertiary/aromatic N) is 3. The van der Waals surface area contributed by atoms with Crippen LogP contribution in [0.1, 0.15) is 30.0 Å². The molecule has 0 spiro atoms. The summed E-state index contributed by atoms with van der Waals surface area (Å²) in [6.45, 7) is 3.80. The van der Waals surface area contributed by atoms with Crippen LogP contribution in [0.15, 0.2) is 0 Å². The van der Waals surface area contributed by atoms with Gasteiger partial charge in [-0.1, -0.05) is 5.21 Å². The van der Waals surface area contributed by atoms with E-state index >= 15 is 0 Å². The van der Waals surface area contributed by atoms with Crippen molar-refractivity contribution in [3.8, 4) is 0 Å². The molecule has 1 N–H and O–H groups in total. The number of aromatic nitrogens is 3. The topological polar surface area (TPSA) is 95.3 Å². The quantitative estimate of drug-likeness (QED) is 0.715. The van der Waals surface area contributed by atoms with Gasteiger partial charge in [0.15, 0.2) is 5.69 Å². The van der Waals surface area contributed by atoms with E-state index in [1.165, 1.54) is 18.9 Å². The second-order valence-electron chi connectivity index (χ2n) is 4.19. The van der Waals surface area contributed by atoms with Crippen LogP contribution in [-0.2, 0) is 27.4 Å². The fourth-order valence-electron chi connectivity index (χ4n) is 1.50. The number of amides is 1. The lowest BCUT2D eigenvalue weighted by Crippen LogP contribution is -2.33. The zero-order valence-corrected chi connectivity index (χ0v) is 11.5. The van der Waals surface area contributed by atoms with Gasteiger partial charge in [-0.25, -0.2) is 9.48 Å². The summed E-state index contributed by atoms with van der Waals surface area (Å²) >= 11 is 0. The van der Waals surface area contributed by atoms with E-state index in [0.717, 1.165) is 0 Å². The first-order chi connectivity index (χ1) is 8.99. The van der Waals surface area contributed by atoms with Gasteiger partial charge >= 0.3 is 5.97 Å². The number of carbonyl (C=O) groups excluding carboxylic acids is 2. The summed E-state index contributed by atoms with van der Waals surface area (Å²) in [6, 6.07) is 0.0296. The molecule has 19 heavy (non-hydrogen) atoms. The second-order valence-corrected chi connectivity index (χ2v) is 4.19. The fraction of sp³-hybridized carbons (Fsp3) is 0.636. The third kappa shape index (κ3) is 4.02. The lowest BCUT2D eigenvalue weighted by atomic mass is 10.3. The van der Waals surface area contributed by atoms with Gasteiger partial charge in [0.05, 0.1) is 19.4 Å². The van der Waals surface area contributed by atoms with E-state index in [-0.39, 0.29) is 30.8 Å². The van der Waals surface area contributed by atoms with Crippen LogP contribution in [0.2, 0.25) is 0 Å². The van der Waals surface area contributed by atoms with E-state index in [1.807, 2.05) is 13.8 Å². The predicted molar refractivity (Wildman–Crippen MR) is 65.4 cm³/mol. The van der Waals surface area contributed by atoms with Gasteiger partial charge in [-0.05, 0) is 13.8 Å². The van der Waals surface area contributed by atoms with Crippen LogP contribution < -0.4 is 5.32 Å². The van der Waals surface area contributed by atoms with Gasteiger partial charge in [0, 0.05) is 13.2 Å². The third-order valence-corrected chi connectivity index (χ3v) is 2.24. The molecule has 0 aliphatic carbocycles. The van der Waals surface area contributed by atoms with Gasteiger partial charge in [0.1, 0.15) is 6.54 Å².